The summed E-state index contributed by atoms with van der Waals surface area (Å²) in [5.74, 6) is 0.316. The lowest BCUT2D eigenvalue weighted by Crippen LogP contribution is -2.47. The Labute approximate surface area is 98.4 Å². The third-order valence-electron chi connectivity index (χ3n) is 3.60. The first-order chi connectivity index (χ1) is 7.70. The van der Waals surface area contributed by atoms with E-state index in [0.717, 1.165) is 32.4 Å². The van der Waals surface area contributed by atoms with E-state index in [1.807, 2.05) is 0 Å². The van der Waals surface area contributed by atoms with Crippen molar-refractivity contribution in [3.8, 4) is 0 Å². The van der Waals surface area contributed by atoms with Gasteiger partial charge in [0.15, 0.2) is 0 Å². The first kappa shape index (κ1) is 12.3. The molecule has 1 N–H and O–H groups in total. The molecule has 0 amide bonds. The highest BCUT2D eigenvalue weighted by molar-refractivity contribution is 7.89. The normalized spacial score (nSPS) is 29.5. The van der Waals surface area contributed by atoms with Gasteiger partial charge in [-0.1, -0.05) is 19.3 Å². The van der Waals surface area contributed by atoms with Crippen LogP contribution in [-0.4, -0.2) is 44.2 Å². The van der Waals surface area contributed by atoms with Crippen molar-refractivity contribution in [2.24, 2.45) is 0 Å². The molecule has 5 heteroatoms. The molecule has 2 fully saturated rings. The molecule has 1 heterocycles. The molecule has 16 heavy (non-hydrogen) atoms. The van der Waals surface area contributed by atoms with Crippen LogP contribution in [0.2, 0.25) is 0 Å². The molecule has 0 aromatic heterocycles. The third-order valence-corrected chi connectivity index (χ3v) is 5.60. The SMILES string of the molecule is O=S1(=O)CCCNCCN1C1CCCCC1. The van der Waals surface area contributed by atoms with E-state index < -0.39 is 10.0 Å². The summed E-state index contributed by atoms with van der Waals surface area (Å²) in [5, 5.41) is 3.29. The van der Waals surface area contributed by atoms with Gasteiger partial charge in [0.05, 0.1) is 5.75 Å². The summed E-state index contributed by atoms with van der Waals surface area (Å²) < 4.78 is 26.1. The van der Waals surface area contributed by atoms with Crippen molar-refractivity contribution in [3.63, 3.8) is 0 Å². The minimum Gasteiger partial charge on any atom is -0.315 e. The maximum absolute atomic E-state index is 12.2. The first-order valence-electron chi connectivity index (χ1n) is 6.40. The van der Waals surface area contributed by atoms with Gasteiger partial charge in [0.1, 0.15) is 0 Å². The van der Waals surface area contributed by atoms with Crippen LogP contribution in [0.4, 0.5) is 0 Å². The number of hydrogen-bond donors (Lipinski definition) is 1. The zero-order valence-electron chi connectivity index (χ0n) is 9.82. The van der Waals surface area contributed by atoms with Gasteiger partial charge in [0, 0.05) is 19.1 Å². The number of hydrogen-bond acceptors (Lipinski definition) is 3. The van der Waals surface area contributed by atoms with Crippen LogP contribution < -0.4 is 5.32 Å². The molecule has 2 aliphatic rings. The molecule has 1 aliphatic heterocycles. The fourth-order valence-corrected chi connectivity index (χ4v) is 4.51. The highest BCUT2D eigenvalue weighted by Gasteiger charge is 2.30. The van der Waals surface area contributed by atoms with E-state index in [-0.39, 0.29) is 6.04 Å². The summed E-state index contributed by atoms with van der Waals surface area (Å²) >= 11 is 0. The van der Waals surface area contributed by atoms with Crippen LogP contribution in [0.1, 0.15) is 38.5 Å². The Balaban J connectivity index is 2.07. The van der Waals surface area contributed by atoms with Crippen molar-refractivity contribution in [2.75, 3.05) is 25.4 Å². The largest absolute Gasteiger partial charge is 0.315 e. The van der Waals surface area contributed by atoms with Crippen molar-refractivity contribution >= 4 is 10.0 Å². The van der Waals surface area contributed by atoms with Crippen molar-refractivity contribution < 1.29 is 8.42 Å². The molecule has 1 aliphatic carbocycles. The van der Waals surface area contributed by atoms with E-state index in [9.17, 15) is 8.42 Å². The molecule has 0 unspecified atom stereocenters. The molecule has 2 rings (SSSR count). The maximum Gasteiger partial charge on any atom is 0.214 e. The second kappa shape index (κ2) is 5.47. The topological polar surface area (TPSA) is 49.4 Å². The number of nitrogens with zero attached hydrogens (tertiary/aromatic N) is 1. The number of sulfonamides is 1. The van der Waals surface area contributed by atoms with Gasteiger partial charge in [-0.3, -0.25) is 0 Å². The molecule has 1 saturated heterocycles. The summed E-state index contributed by atoms with van der Waals surface area (Å²) in [6.45, 7) is 2.29. The smallest absolute Gasteiger partial charge is 0.214 e. The zero-order valence-corrected chi connectivity index (χ0v) is 10.6. The Morgan fingerprint density at radius 1 is 1.00 bits per heavy atom. The van der Waals surface area contributed by atoms with Crippen LogP contribution in [0, 0.1) is 0 Å². The molecule has 0 radical (unpaired) electrons. The van der Waals surface area contributed by atoms with E-state index in [2.05, 4.69) is 5.32 Å². The van der Waals surface area contributed by atoms with Gasteiger partial charge in [-0.2, -0.15) is 4.31 Å². The van der Waals surface area contributed by atoms with Crippen LogP contribution in [0.5, 0.6) is 0 Å². The Morgan fingerprint density at radius 3 is 2.50 bits per heavy atom. The molecule has 0 aromatic carbocycles. The molecule has 0 atom stereocenters. The summed E-state index contributed by atoms with van der Waals surface area (Å²) in [4.78, 5) is 0. The van der Waals surface area contributed by atoms with Crippen LogP contribution in [0.25, 0.3) is 0 Å². The van der Waals surface area contributed by atoms with Gasteiger partial charge in [-0.05, 0) is 25.8 Å². The lowest BCUT2D eigenvalue weighted by atomic mass is 9.95. The second-order valence-electron chi connectivity index (χ2n) is 4.82. The minimum atomic E-state index is -2.99. The highest BCUT2D eigenvalue weighted by atomic mass is 32.2. The van der Waals surface area contributed by atoms with E-state index in [0.29, 0.717) is 12.3 Å². The van der Waals surface area contributed by atoms with E-state index in [1.54, 1.807) is 4.31 Å². The van der Waals surface area contributed by atoms with Gasteiger partial charge < -0.3 is 5.32 Å². The molecule has 0 aromatic rings. The Morgan fingerprint density at radius 2 is 1.75 bits per heavy atom. The van der Waals surface area contributed by atoms with Gasteiger partial charge in [-0.15, -0.1) is 0 Å². The van der Waals surface area contributed by atoms with Gasteiger partial charge >= 0.3 is 0 Å². The fourth-order valence-electron chi connectivity index (χ4n) is 2.73. The average Bonchev–Trinajstić information content (AvgIpc) is 2.26. The van der Waals surface area contributed by atoms with Crippen molar-refractivity contribution in [1.29, 1.82) is 0 Å². The van der Waals surface area contributed by atoms with Crippen LogP contribution >= 0.6 is 0 Å². The fraction of sp³-hybridized carbons (Fsp3) is 1.00. The van der Waals surface area contributed by atoms with Crippen LogP contribution in [0.15, 0.2) is 0 Å². The Kier molecular flexibility index (Phi) is 4.21. The monoisotopic (exact) mass is 246 g/mol. The lowest BCUT2D eigenvalue weighted by Gasteiger charge is -2.34. The Hall–Kier alpha value is -0.130. The maximum atomic E-state index is 12.2. The standard InChI is InChI=1S/C11H22N2O2S/c14-16(15)10-4-7-12-8-9-13(16)11-5-2-1-3-6-11/h11-12H,1-10H2. The van der Waals surface area contributed by atoms with E-state index >= 15 is 0 Å². The molecular weight excluding hydrogens is 224 g/mol. The number of rotatable bonds is 1. The van der Waals surface area contributed by atoms with Crippen LogP contribution in [-0.2, 0) is 10.0 Å². The van der Waals surface area contributed by atoms with Crippen molar-refractivity contribution in [3.05, 3.63) is 0 Å². The first-order valence-corrected chi connectivity index (χ1v) is 8.01. The lowest BCUT2D eigenvalue weighted by molar-refractivity contribution is 0.250. The number of nitrogens with one attached hydrogen (secondary N) is 1. The third kappa shape index (κ3) is 2.96. The predicted molar refractivity (Wildman–Crippen MR) is 64.9 cm³/mol. The van der Waals surface area contributed by atoms with Crippen molar-refractivity contribution in [1.82, 2.24) is 9.62 Å². The van der Waals surface area contributed by atoms with Crippen molar-refractivity contribution in [2.45, 2.75) is 44.6 Å². The Bertz CT molecular complexity index is 310. The highest BCUT2D eigenvalue weighted by Crippen LogP contribution is 2.25. The van der Waals surface area contributed by atoms with Gasteiger partial charge in [-0.25, -0.2) is 8.42 Å². The van der Waals surface area contributed by atoms with Crippen LogP contribution in [0.3, 0.4) is 0 Å². The zero-order chi connectivity index (χ0) is 11.4. The summed E-state index contributed by atoms with van der Waals surface area (Å²) in [6, 6.07) is 0.277. The van der Waals surface area contributed by atoms with E-state index in [4.69, 9.17) is 0 Å². The summed E-state index contributed by atoms with van der Waals surface area (Å²) in [6.07, 6.45) is 6.49. The quantitative estimate of drug-likeness (QED) is 0.749. The summed E-state index contributed by atoms with van der Waals surface area (Å²) in [5.41, 5.74) is 0. The van der Waals surface area contributed by atoms with Gasteiger partial charge in [0.2, 0.25) is 10.0 Å². The average molecular weight is 246 g/mol. The van der Waals surface area contributed by atoms with E-state index in [1.165, 1.54) is 19.3 Å². The molecule has 0 bridgehead atoms. The molecular formula is C11H22N2O2S. The molecule has 0 spiro atoms. The molecule has 1 saturated carbocycles. The molecule has 94 valence electrons. The van der Waals surface area contributed by atoms with Gasteiger partial charge in [0.25, 0.3) is 0 Å². The second-order valence-corrected chi connectivity index (χ2v) is 6.86. The predicted octanol–water partition coefficient (Wildman–Crippen LogP) is 0.944. The molecule has 4 nitrogen and oxygen atoms in total. The minimum absolute atomic E-state index is 0.277. The summed E-state index contributed by atoms with van der Waals surface area (Å²) in [7, 11) is -2.99.